The molecule has 0 unspecified atom stereocenters. The van der Waals surface area contributed by atoms with Gasteiger partial charge in [-0.15, -0.1) is 0 Å². The molecule has 4 aromatic heterocycles. The van der Waals surface area contributed by atoms with Crippen molar-refractivity contribution in [2.45, 2.75) is 77.0 Å². The summed E-state index contributed by atoms with van der Waals surface area (Å²) in [4.78, 5) is 89.9. The minimum absolute atomic E-state index is 0.0926. The third-order valence-corrected chi connectivity index (χ3v) is 22.8. The van der Waals surface area contributed by atoms with Crippen LogP contribution in [0.3, 0.4) is 0 Å². The number of aromatic hydroxyl groups is 1. The Morgan fingerprint density at radius 3 is 0.781 bits per heavy atom. The van der Waals surface area contributed by atoms with Crippen molar-refractivity contribution in [3.63, 3.8) is 0 Å². The fourth-order valence-electron chi connectivity index (χ4n) is 15.9. The Hall–Kier alpha value is -14.9. The smallest absolute Gasteiger partial charge is 0.230 e. The molecule has 4 aliphatic rings. The third kappa shape index (κ3) is 20.4. The molecule has 0 aliphatic heterocycles. The summed E-state index contributed by atoms with van der Waals surface area (Å²) in [5.41, 5.74) is 22.2. The molecule has 128 heavy (non-hydrogen) atoms. The largest absolute Gasteiger partial charge is 0.508 e. The number of nitrogens with zero attached hydrogens (tertiary/aromatic N) is 8. The van der Waals surface area contributed by atoms with Crippen LogP contribution < -0.4 is 21.3 Å². The van der Waals surface area contributed by atoms with E-state index in [-0.39, 0.29) is 84.1 Å². The molecule has 0 fully saturated rings. The SMILES string of the molecule is O=C(Cc1ccc(Br)cc1)Nc1nc2c(nc1-c1ccccc1)-c1ccc(F)cc1CC2.O=C(Cc1ccc(Cl)cc1)Nc1nc2c(nc1-c1ccccc1)-c1ccc(F)cc1CC2.O=C(Cc1ccc(F)cc1)Nc1nc2c(nc1-c1ccccc1)-c1ccc(F)cc1CC2.O=C(Cc1ccc(O)cc1)Nc1nc2c(nc1-c1ccccc1)-c1ccc(F)cc1CC2. The molecule has 5 N–H and O–H groups in total. The molecule has 0 radical (unpaired) electrons. The lowest BCUT2D eigenvalue weighted by Crippen LogP contribution is -2.19. The van der Waals surface area contributed by atoms with Gasteiger partial charge in [-0.2, -0.15) is 0 Å². The summed E-state index contributed by atoms with van der Waals surface area (Å²) < 4.78 is 69.0. The van der Waals surface area contributed by atoms with Crippen molar-refractivity contribution in [3.8, 4) is 95.8 Å². The van der Waals surface area contributed by atoms with Gasteiger partial charge < -0.3 is 26.4 Å². The van der Waals surface area contributed by atoms with E-state index in [2.05, 4.69) is 37.2 Å². The minimum Gasteiger partial charge on any atom is -0.508 e. The molecule has 17 nitrogen and oxygen atoms in total. The van der Waals surface area contributed by atoms with Crippen molar-refractivity contribution in [1.82, 2.24) is 39.9 Å². The zero-order chi connectivity index (χ0) is 88.3. The Morgan fingerprint density at radius 1 is 0.281 bits per heavy atom. The first kappa shape index (κ1) is 85.2. The van der Waals surface area contributed by atoms with Gasteiger partial charge in [0.05, 0.1) is 71.2 Å². The highest BCUT2D eigenvalue weighted by Gasteiger charge is 2.30. The van der Waals surface area contributed by atoms with Gasteiger partial charge in [-0.3, -0.25) is 19.2 Å². The van der Waals surface area contributed by atoms with Crippen LogP contribution in [0.1, 0.15) is 67.3 Å². The van der Waals surface area contributed by atoms with Crippen LogP contribution >= 0.6 is 27.5 Å². The number of hydrogen-bond donors (Lipinski definition) is 5. The zero-order valence-corrected chi connectivity index (χ0v) is 70.8. The number of phenols is 1. The highest BCUT2D eigenvalue weighted by molar-refractivity contribution is 9.10. The van der Waals surface area contributed by atoms with Gasteiger partial charge in [-0.05, 0) is 217 Å². The maximum absolute atomic E-state index is 13.7. The van der Waals surface area contributed by atoms with Gasteiger partial charge in [-0.25, -0.2) is 61.8 Å². The Morgan fingerprint density at radius 2 is 0.516 bits per heavy atom. The number of rotatable bonds is 16. The van der Waals surface area contributed by atoms with E-state index in [1.54, 1.807) is 97.1 Å². The second-order valence-electron chi connectivity index (χ2n) is 31.0. The van der Waals surface area contributed by atoms with E-state index in [1.165, 1.54) is 36.4 Å². The van der Waals surface area contributed by atoms with Crippen LogP contribution in [-0.4, -0.2) is 68.6 Å². The van der Waals surface area contributed by atoms with Gasteiger partial charge in [0, 0.05) is 54.0 Å². The summed E-state index contributed by atoms with van der Waals surface area (Å²) in [5.74, 6) is -0.387. The van der Waals surface area contributed by atoms with Crippen LogP contribution in [0.4, 0.5) is 45.2 Å². The second-order valence-corrected chi connectivity index (χ2v) is 32.3. The summed E-state index contributed by atoms with van der Waals surface area (Å²) in [6, 6.07) is 84.5. The standard InChI is InChI=1S/C26H19BrFN3O.C26H19ClFN3O.C26H19F2N3O.C26H20FN3O2/c3*27-19-9-6-16(7-10-19)14-23(32)30-26-24(17-4-2-1-3-5-17)31-25-21-12-11-20(28)15-18(21)8-13-22(25)29-26;27-19-9-12-21-18(15-19)8-13-22-25(21)30-24(17-4-2-1-3-5-17)26(28-22)29-23(32)14-16-6-10-20(31)11-7-16/h3*1-7,9-12,15H,8,13-14H2,(H,29,30,32);1-7,9-12,15,31H,8,13-14H2,(H,28,29,32). The molecule has 4 amide bonds. The van der Waals surface area contributed by atoms with Crippen molar-refractivity contribution < 1.29 is 46.2 Å². The van der Waals surface area contributed by atoms with E-state index in [4.69, 9.17) is 51.5 Å². The molecule has 16 aromatic rings. The molecule has 20 rings (SSSR count). The fraction of sp³-hybridized carbons (Fsp3) is 0.115. The molecule has 0 saturated carbocycles. The van der Waals surface area contributed by atoms with E-state index < -0.39 is 0 Å². The number of aromatic nitrogens is 8. The Balaban J connectivity index is 0.000000120. The van der Waals surface area contributed by atoms with Crippen LogP contribution in [-0.2, 0) is 96.2 Å². The molecule has 4 aliphatic carbocycles. The monoisotopic (exact) mass is 1780 g/mol. The summed E-state index contributed by atoms with van der Waals surface area (Å²) in [5, 5.41) is 21.8. The average molecular weight is 1790 g/mol. The van der Waals surface area contributed by atoms with Crippen molar-refractivity contribution >= 4 is 74.4 Å². The van der Waals surface area contributed by atoms with Crippen LogP contribution in [0.15, 0.2) is 296 Å². The normalized spacial score (nSPS) is 12.1. The number of phenolic OH excluding ortho intramolecular Hbond substituents is 1. The van der Waals surface area contributed by atoms with Crippen LogP contribution in [0.2, 0.25) is 5.02 Å². The summed E-state index contributed by atoms with van der Waals surface area (Å²) in [6.07, 6.45) is 5.87. The van der Waals surface area contributed by atoms with E-state index in [1.807, 2.05) is 158 Å². The van der Waals surface area contributed by atoms with E-state index in [0.717, 1.165) is 128 Å². The second kappa shape index (κ2) is 38.7. The number of fused-ring (bicyclic) bond motifs is 12. The molecule has 12 aromatic carbocycles. The lowest BCUT2D eigenvalue weighted by atomic mass is 9.91. The molecule has 0 spiro atoms. The molecular formula is C104H77BrClF5N12O5. The first-order valence-electron chi connectivity index (χ1n) is 41.5. The highest BCUT2D eigenvalue weighted by atomic mass is 79.9. The number of hydrogen-bond acceptors (Lipinski definition) is 13. The predicted molar refractivity (Wildman–Crippen MR) is 491 cm³/mol. The molecule has 0 bridgehead atoms. The first-order valence-corrected chi connectivity index (χ1v) is 42.6. The highest BCUT2D eigenvalue weighted by Crippen LogP contribution is 2.42. The number of amides is 4. The Labute approximate surface area is 747 Å². The van der Waals surface area contributed by atoms with E-state index in [9.17, 15) is 46.2 Å². The molecule has 24 heteroatoms. The molecular weight excluding hydrogens is 1710 g/mol. The topological polar surface area (TPSA) is 240 Å². The number of benzene rings is 12. The lowest BCUT2D eigenvalue weighted by molar-refractivity contribution is -0.116. The number of nitrogens with one attached hydrogen (secondary N) is 4. The number of carbonyl (C=O) groups excluding carboxylic acids is 4. The van der Waals surface area contributed by atoms with Gasteiger partial charge in [0.1, 0.15) is 57.6 Å². The third-order valence-electron chi connectivity index (χ3n) is 22.0. The quantitative estimate of drug-likeness (QED) is 0.0566. The van der Waals surface area contributed by atoms with Crippen molar-refractivity contribution in [1.29, 1.82) is 0 Å². The molecule has 0 atom stereocenters. The zero-order valence-electron chi connectivity index (χ0n) is 68.5. The number of anilines is 4. The lowest BCUT2D eigenvalue weighted by Gasteiger charge is -2.21. The van der Waals surface area contributed by atoms with Crippen molar-refractivity contribution in [2.24, 2.45) is 0 Å². The molecule has 4 heterocycles. The van der Waals surface area contributed by atoms with Crippen LogP contribution in [0.25, 0.3) is 90.1 Å². The van der Waals surface area contributed by atoms with Crippen LogP contribution in [0, 0.1) is 29.1 Å². The van der Waals surface area contributed by atoms with Crippen molar-refractivity contribution in [2.75, 3.05) is 21.3 Å². The first-order chi connectivity index (χ1) is 62.3. The van der Waals surface area contributed by atoms with E-state index in [0.29, 0.717) is 114 Å². The number of aryl methyl sites for hydroxylation is 8. The average Bonchev–Trinajstić information content (AvgIpc) is 0.778. The predicted octanol–water partition coefficient (Wildman–Crippen LogP) is 22.2. The van der Waals surface area contributed by atoms with Gasteiger partial charge >= 0.3 is 0 Å². The van der Waals surface area contributed by atoms with Gasteiger partial charge in [0.25, 0.3) is 0 Å². The van der Waals surface area contributed by atoms with Crippen LogP contribution in [0.5, 0.6) is 5.75 Å². The van der Waals surface area contributed by atoms with Gasteiger partial charge in [0.2, 0.25) is 23.6 Å². The van der Waals surface area contributed by atoms with Gasteiger partial charge in [-0.1, -0.05) is 197 Å². The molecule has 632 valence electrons. The number of carbonyl (C=O) groups is 4. The van der Waals surface area contributed by atoms with E-state index >= 15 is 0 Å². The summed E-state index contributed by atoms with van der Waals surface area (Å²) in [7, 11) is 0. The Kier molecular flexibility index (Phi) is 25.8. The maximum atomic E-state index is 13.7. The summed E-state index contributed by atoms with van der Waals surface area (Å²) in [6.45, 7) is 0. The Bertz CT molecular complexity index is 6050. The molecule has 0 saturated heterocycles. The maximum Gasteiger partial charge on any atom is 0.230 e. The van der Waals surface area contributed by atoms with Gasteiger partial charge in [0.15, 0.2) is 23.3 Å². The minimum atomic E-state index is -0.346. The summed E-state index contributed by atoms with van der Waals surface area (Å²) >= 11 is 9.35. The fourth-order valence-corrected chi connectivity index (χ4v) is 16.2. The van der Waals surface area contributed by atoms with Crippen molar-refractivity contribution in [3.05, 3.63) is 397 Å². The number of halogens is 7.